The Bertz CT molecular complexity index is 625. The number of aliphatic imine (C=N–C) groups is 1. The number of nitrogens with one attached hydrogen (secondary N) is 1. The summed E-state index contributed by atoms with van der Waals surface area (Å²) >= 11 is 0. The van der Waals surface area contributed by atoms with E-state index >= 15 is 0 Å². The van der Waals surface area contributed by atoms with E-state index in [4.69, 9.17) is 0 Å². The number of nitrogens with zero attached hydrogens (tertiary/aromatic N) is 2. The first kappa shape index (κ1) is 13.9. The first-order valence-corrected chi connectivity index (χ1v) is 7.81. The average Bonchev–Trinajstić information content (AvgIpc) is 3.17. The number of amidine groups is 1. The fraction of sp³-hybridized carbons (Fsp3) is 0.389. The van der Waals surface area contributed by atoms with Crippen LogP contribution < -0.4 is 5.32 Å². The van der Waals surface area contributed by atoms with Gasteiger partial charge in [-0.2, -0.15) is 0 Å². The Morgan fingerprint density at radius 3 is 2.71 bits per heavy atom. The average molecular weight is 281 g/mol. The van der Waals surface area contributed by atoms with E-state index in [0.717, 1.165) is 31.9 Å². The van der Waals surface area contributed by atoms with E-state index in [1.54, 1.807) is 0 Å². The van der Waals surface area contributed by atoms with Crippen molar-refractivity contribution in [2.24, 2.45) is 10.9 Å². The first-order valence-electron chi connectivity index (χ1n) is 7.81. The monoisotopic (exact) mass is 281 g/mol. The molecule has 2 aromatic rings. The molecule has 0 saturated heterocycles. The van der Waals surface area contributed by atoms with Gasteiger partial charge in [0.05, 0.1) is 12.2 Å². The second-order valence-corrected chi connectivity index (χ2v) is 5.66. The van der Waals surface area contributed by atoms with Gasteiger partial charge in [0.25, 0.3) is 0 Å². The summed E-state index contributed by atoms with van der Waals surface area (Å²) in [5.41, 5.74) is 4.06. The van der Waals surface area contributed by atoms with E-state index in [1.165, 1.54) is 16.8 Å². The highest BCUT2D eigenvalue weighted by Crippen LogP contribution is 2.26. The number of benzene rings is 1. The Labute approximate surface area is 126 Å². The Kier molecular flexibility index (Phi) is 4.09. The van der Waals surface area contributed by atoms with Crippen LogP contribution in [0.5, 0.6) is 0 Å². The Balaban J connectivity index is 1.90. The van der Waals surface area contributed by atoms with Gasteiger partial charge >= 0.3 is 0 Å². The van der Waals surface area contributed by atoms with Crippen molar-refractivity contribution in [2.45, 2.75) is 26.8 Å². The first-order chi connectivity index (χ1) is 10.3. The van der Waals surface area contributed by atoms with Crippen LogP contribution in [0, 0.1) is 5.92 Å². The zero-order chi connectivity index (χ0) is 14.7. The van der Waals surface area contributed by atoms with Gasteiger partial charge in [-0.3, -0.25) is 4.99 Å². The van der Waals surface area contributed by atoms with Crippen molar-refractivity contribution < 1.29 is 0 Å². The molecule has 1 aliphatic rings. The van der Waals surface area contributed by atoms with Gasteiger partial charge in [0.15, 0.2) is 0 Å². The maximum absolute atomic E-state index is 4.55. The molecular weight excluding hydrogens is 258 g/mol. The van der Waals surface area contributed by atoms with Gasteiger partial charge in [0, 0.05) is 25.2 Å². The fourth-order valence-electron chi connectivity index (χ4n) is 3.03. The van der Waals surface area contributed by atoms with Crippen LogP contribution in [-0.4, -0.2) is 23.5 Å². The van der Waals surface area contributed by atoms with Gasteiger partial charge in [-0.25, -0.2) is 0 Å². The normalized spacial score (nSPS) is 15.6. The lowest BCUT2D eigenvalue weighted by Gasteiger charge is -2.17. The van der Waals surface area contributed by atoms with Crippen molar-refractivity contribution in [3.05, 3.63) is 48.2 Å². The number of rotatable bonds is 5. The SMILES string of the molecule is CCc1ccn(C[C@H](C)C2=NCCN2)c1-c1ccccc1. The maximum atomic E-state index is 4.55. The number of aromatic nitrogens is 1. The highest BCUT2D eigenvalue weighted by molar-refractivity contribution is 5.85. The molecule has 21 heavy (non-hydrogen) atoms. The molecule has 3 heteroatoms. The predicted molar refractivity (Wildman–Crippen MR) is 88.7 cm³/mol. The molecule has 1 N–H and O–H groups in total. The van der Waals surface area contributed by atoms with Crippen molar-refractivity contribution >= 4 is 5.84 Å². The third kappa shape index (κ3) is 2.87. The molecule has 0 aliphatic carbocycles. The molecule has 0 amide bonds. The van der Waals surface area contributed by atoms with E-state index < -0.39 is 0 Å². The summed E-state index contributed by atoms with van der Waals surface area (Å²) in [7, 11) is 0. The lowest BCUT2D eigenvalue weighted by atomic mass is 10.1. The van der Waals surface area contributed by atoms with Crippen molar-refractivity contribution in [1.29, 1.82) is 0 Å². The number of aryl methyl sites for hydroxylation is 1. The molecule has 1 aliphatic heterocycles. The third-order valence-electron chi connectivity index (χ3n) is 4.11. The van der Waals surface area contributed by atoms with Gasteiger partial charge in [-0.15, -0.1) is 0 Å². The lowest BCUT2D eigenvalue weighted by molar-refractivity contribution is 0.594. The van der Waals surface area contributed by atoms with Crippen LogP contribution in [0.15, 0.2) is 47.6 Å². The van der Waals surface area contributed by atoms with E-state index in [9.17, 15) is 0 Å². The molecule has 0 fully saturated rings. The molecule has 1 aromatic heterocycles. The van der Waals surface area contributed by atoms with Crippen molar-refractivity contribution in [2.75, 3.05) is 13.1 Å². The summed E-state index contributed by atoms with van der Waals surface area (Å²) in [6, 6.07) is 12.9. The number of hydrogen-bond donors (Lipinski definition) is 1. The molecule has 1 atom stereocenters. The summed E-state index contributed by atoms with van der Waals surface area (Å²) in [5, 5.41) is 3.39. The minimum absolute atomic E-state index is 0.423. The summed E-state index contributed by atoms with van der Waals surface area (Å²) in [5.74, 6) is 1.58. The minimum atomic E-state index is 0.423. The van der Waals surface area contributed by atoms with Crippen LogP contribution in [0.25, 0.3) is 11.3 Å². The van der Waals surface area contributed by atoms with Crippen molar-refractivity contribution in [3.8, 4) is 11.3 Å². The minimum Gasteiger partial charge on any atom is -0.372 e. The fourth-order valence-corrected chi connectivity index (χ4v) is 3.03. The van der Waals surface area contributed by atoms with Crippen LogP contribution >= 0.6 is 0 Å². The Morgan fingerprint density at radius 2 is 2.05 bits per heavy atom. The molecule has 0 radical (unpaired) electrons. The molecule has 0 unspecified atom stereocenters. The zero-order valence-corrected chi connectivity index (χ0v) is 12.8. The third-order valence-corrected chi connectivity index (χ3v) is 4.11. The molecule has 0 bridgehead atoms. The van der Waals surface area contributed by atoms with Crippen molar-refractivity contribution in [1.82, 2.24) is 9.88 Å². The molecule has 1 aromatic carbocycles. The zero-order valence-electron chi connectivity index (χ0n) is 12.8. The van der Waals surface area contributed by atoms with Gasteiger partial charge in [0.1, 0.15) is 5.84 Å². The molecule has 110 valence electrons. The quantitative estimate of drug-likeness (QED) is 0.894. The van der Waals surface area contributed by atoms with Gasteiger partial charge < -0.3 is 9.88 Å². The summed E-state index contributed by atoms with van der Waals surface area (Å²) < 4.78 is 2.38. The van der Waals surface area contributed by atoms with Crippen LogP contribution in [0.1, 0.15) is 19.4 Å². The van der Waals surface area contributed by atoms with Crippen LogP contribution in [-0.2, 0) is 13.0 Å². The molecular formula is C18H23N3. The van der Waals surface area contributed by atoms with E-state index in [-0.39, 0.29) is 0 Å². The van der Waals surface area contributed by atoms with E-state index in [0.29, 0.717) is 5.92 Å². The summed E-state index contributed by atoms with van der Waals surface area (Å²) in [6.07, 6.45) is 3.28. The molecule has 2 heterocycles. The van der Waals surface area contributed by atoms with Gasteiger partial charge in [0.2, 0.25) is 0 Å². The van der Waals surface area contributed by atoms with E-state index in [2.05, 4.69) is 71.3 Å². The van der Waals surface area contributed by atoms with Crippen LogP contribution in [0.2, 0.25) is 0 Å². The summed E-state index contributed by atoms with van der Waals surface area (Å²) in [6.45, 7) is 7.33. The number of hydrogen-bond acceptors (Lipinski definition) is 2. The Morgan fingerprint density at radius 1 is 1.24 bits per heavy atom. The van der Waals surface area contributed by atoms with Gasteiger partial charge in [-0.05, 0) is 23.6 Å². The molecule has 3 nitrogen and oxygen atoms in total. The molecule has 3 rings (SSSR count). The predicted octanol–water partition coefficient (Wildman–Crippen LogP) is 3.36. The molecule has 0 saturated carbocycles. The summed E-state index contributed by atoms with van der Waals surface area (Å²) in [4.78, 5) is 4.55. The Hall–Kier alpha value is -2.03. The van der Waals surface area contributed by atoms with Crippen LogP contribution in [0.4, 0.5) is 0 Å². The van der Waals surface area contributed by atoms with Crippen molar-refractivity contribution in [3.63, 3.8) is 0 Å². The van der Waals surface area contributed by atoms with E-state index in [1.807, 2.05) is 0 Å². The van der Waals surface area contributed by atoms with Gasteiger partial charge in [-0.1, -0.05) is 44.2 Å². The maximum Gasteiger partial charge on any atom is 0.101 e. The molecule has 0 spiro atoms. The second-order valence-electron chi connectivity index (χ2n) is 5.66. The smallest absolute Gasteiger partial charge is 0.101 e. The standard InChI is InChI=1S/C18H23N3/c1-3-15-9-12-21(13-14(2)18-19-10-11-20-18)17(15)16-7-5-4-6-8-16/h4-9,12,14H,3,10-11,13H2,1-2H3,(H,19,20)/t14-/m0/s1. The van der Waals surface area contributed by atoms with Crippen LogP contribution in [0.3, 0.4) is 0 Å². The highest BCUT2D eigenvalue weighted by atomic mass is 15.1. The lowest BCUT2D eigenvalue weighted by Crippen LogP contribution is -2.28. The second kappa shape index (κ2) is 6.17. The highest BCUT2D eigenvalue weighted by Gasteiger charge is 2.17. The largest absolute Gasteiger partial charge is 0.372 e. The topological polar surface area (TPSA) is 29.3 Å².